The third-order valence-corrected chi connectivity index (χ3v) is 4.59. The molecule has 0 fully saturated rings. The molecule has 5 heteroatoms. The Hall–Kier alpha value is -0.723. The van der Waals surface area contributed by atoms with Crippen molar-refractivity contribution < 1.29 is 18.8 Å². The van der Waals surface area contributed by atoms with Gasteiger partial charge in [-0.2, -0.15) is 0 Å². The smallest absolute Gasteiger partial charge is 0.412 e. The minimum absolute atomic E-state index is 0. The summed E-state index contributed by atoms with van der Waals surface area (Å²) in [4.78, 5) is 0. The predicted octanol–water partition coefficient (Wildman–Crippen LogP) is -0.0530. The van der Waals surface area contributed by atoms with Crippen LogP contribution in [0.3, 0.4) is 0 Å². The van der Waals surface area contributed by atoms with E-state index in [0.717, 1.165) is 5.19 Å². The summed E-state index contributed by atoms with van der Waals surface area (Å²) in [5.74, 6) is 0. The fraction of sp³-hybridized carbons (Fsp3) is 0.333. The molecule has 1 aromatic carbocycles. The van der Waals surface area contributed by atoms with Crippen molar-refractivity contribution in [1.82, 2.24) is 0 Å². The Labute approximate surface area is 85.1 Å². The highest BCUT2D eigenvalue weighted by atomic mass is 28.4. The summed E-state index contributed by atoms with van der Waals surface area (Å²) in [6, 6.07) is 9.72. The molecule has 0 saturated heterocycles. The van der Waals surface area contributed by atoms with Gasteiger partial charge in [-0.1, -0.05) is 30.3 Å². The third-order valence-electron chi connectivity index (χ3n) is 1.93. The van der Waals surface area contributed by atoms with E-state index in [4.69, 9.17) is 13.3 Å². The Bertz CT molecular complexity index is 240. The highest BCUT2D eigenvalue weighted by Crippen LogP contribution is 2.05. The highest BCUT2D eigenvalue weighted by Gasteiger charge is 2.40. The highest BCUT2D eigenvalue weighted by molar-refractivity contribution is 6.75. The number of rotatable bonds is 4. The van der Waals surface area contributed by atoms with Gasteiger partial charge in [-0.15, -0.1) is 0 Å². The normalized spacial score (nSPS) is 10.8. The summed E-state index contributed by atoms with van der Waals surface area (Å²) < 4.78 is 16.0. The van der Waals surface area contributed by atoms with Gasteiger partial charge in [-0.3, -0.25) is 0 Å². The Morgan fingerprint density at radius 3 is 1.64 bits per heavy atom. The molecular formula is C9H16O4Si. The van der Waals surface area contributed by atoms with Crippen LogP contribution in [0.5, 0.6) is 0 Å². The Balaban J connectivity index is 0.00000169. The molecule has 1 rings (SSSR count). The first-order valence-electron chi connectivity index (χ1n) is 4.00. The summed E-state index contributed by atoms with van der Waals surface area (Å²) in [5, 5.41) is 0.975. The molecule has 0 saturated carbocycles. The minimum Gasteiger partial charge on any atom is -0.412 e. The number of hydrogen-bond donors (Lipinski definition) is 0. The quantitative estimate of drug-likeness (QED) is 0.663. The standard InChI is InChI=1S/C9H14O3Si.H2O/c1-10-13(11-2,12-3)9-7-5-4-6-8-9;/h4-8H,1-3H3;1H2. The lowest BCUT2D eigenvalue weighted by Gasteiger charge is -2.24. The first-order valence-corrected chi connectivity index (χ1v) is 5.72. The number of benzene rings is 1. The van der Waals surface area contributed by atoms with Gasteiger partial charge in [-0.05, 0) is 0 Å². The molecule has 0 bridgehead atoms. The molecule has 0 aromatic heterocycles. The van der Waals surface area contributed by atoms with Gasteiger partial charge < -0.3 is 18.8 Å². The van der Waals surface area contributed by atoms with Crippen LogP contribution in [0, 0.1) is 0 Å². The molecule has 0 atom stereocenters. The van der Waals surface area contributed by atoms with E-state index in [9.17, 15) is 0 Å². The van der Waals surface area contributed by atoms with Crippen LogP contribution in [0.4, 0.5) is 0 Å². The maximum atomic E-state index is 5.32. The molecule has 0 unspecified atom stereocenters. The molecule has 0 spiro atoms. The zero-order valence-corrected chi connectivity index (χ0v) is 9.61. The van der Waals surface area contributed by atoms with Crippen molar-refractivity contribution in [3.05, 3.63) is 30.3 Å². The van der Waals surface area contributed by atoms with Crippen molar-refractivity contribution in [1.29, 1.82) is 0 Å². The average molecular weight is 216 g/mol. The molecular weight excluding hydrogens is 200 g/mol. The van der Waals surface area contributed by atoms with Crippen molar-refractivity contribution in [2.75, 3.05) is 21.3 Å². The van der Waals surface area contributed by atoms with Crippen molar-refractivity contribution >= 4 is 14.0 Å². The van der Waals surface area contributed by atoms with Crippen molar-refractivity contribution in [3.8, 4) is 0 Å². The second-order valence-electron chi connectivity index (χ2n) is 2.53. The van der Waals surface area contributed by atoms with Crippen LogP contribution in [-0.4, -0.2) is 35.6 Å². The van der Waals surface area contributed by atoms with Crippen LogP contribution >= 0.6 is 0 Å². The Morgan fingerprint density at radius 2 is 1.29 bits per heavy atom. The lowest BCUT2D eigenvalue weighted by molar-refractivity contribution is 0.140. The van der Waals surface area contributed by atoms with Crippen LogP contribution in [0.15, 0.2) is 30.3 Å². The Kier molecular flexibility index (Phi) is 5.59. The fourth-order valence-electron chi connectivity index (χ4n) is 1.25. The van der Waals surface area contributed by atoms with Gasteiger partial charge in [0.15, 0.2) is 0 Å². The monoisotopic (exact) mass is 216 g/mol. The summed E-state index contributed by atoms with van der Waals surface area (Å²) in [5.41, 5.74) is 0. The van der Waals surface area contributed by atoms with Gasteiger partial charge in [-0.25, -0.2) is 0 Å². The third kappa shape index (κ3) is 2.40. The molecule has 1 aromatic rings. The van der Waals surface area contributed by atoms with E-state index in [1.807, 2.05) is 30.3 Å². The summed E-state index contributed by atoms with van der Waals surface area (Å²) in [7, 11) is 2.22. The summed E-state index contributed by atoms with van der Waals surface area (Å²) >= 11 is 0. The topological polar surface area (TPSA) is 59.2 Å². The molecule has 14 heavy (non-hydrogen) atoms. The van der Waals surface area contributed by atoms with E-state index in [0.29, 0.717) is 0 Å². The van der Waals surface area contributed by atoms with Gasteiger partial charge in [0.05, 0.1) is 0 Å². The first kappa shape index (κ1) is 13.3. The van der Waals surface area contributed by atoms with Crippen LogP contribution in [0.2, 0.25) is 0 Å². The van der Waals surface area contributed by atoms with E-state index >= 15 is 0 Å². The zero-order valence-electron chi connectivity index (χ0n) is 8.61. The van der Waals surface area contributed by atoms with Crippen molar-refractivity contribution in [3.63, 3.8) is 0 Å². The minimum atomic E-state index is -2.59. The summed E-state index contributed by atoms with van der Waals surface area (Å²) in [6.45, 7) is 0. The lowest BCUT2D eigenvalue weighted by Crippen LogP contribution is -2.54. The van der Waals surface area contributed by atoms with Gasteiger partial charge in [0.2, 0.25) is 0 Å². The number of hydrogen-bond acceptors (Lipinski definition) is 3. The summed E-state index contributed by atoms with van der Waals surface area (Å²) in [6.07, 6.45) is 0. The van der Waals surface area contributed by atoms with E-state index in [2.05, 4.69) is 0 Å². The van der Waals surface area contributed by atoms with Crippen molar-refractivity contribution in [2.45, 2.75) is 0 Å². The maximum absolute atomic E-state index is 5.32. The molecule has 0 aliphatic heterocycles. The van der Waals surface area contributed by atoms with Crippen LogP contribution in [0.1, 0.15) is 0 Å². The fourth-order valence-corrected chi connectivity index (χ4v) is 3.05. The lowest BCUT2D eigenvalue weighted by atomic mass is 10.4. The predicted molar refractivity (Wildman–Crippen MR) is 56.5 cm³/mol. The van der Waals surface area contributed by atoms with Gasteiger partial charge >= 0.3 is 8.80 Å². The molecule has 4 nitrogen and oxygen atoms in total. The van der Waals surface area contributed by atoms with Crippen LogP contribution in [-0.2, 0) is 13.3 Å². The van der Waals surface area contributed by atoms with E-state index in [1.165, 1.54) is 0 Å². The average Bonchev–Trinajstić information content (AvgIpc) is 2.23. The molecule has 0 radical (unpaired) electrons. The van der Waals surface area contributed by atoms with Gasteiger partial charge in [0.25, 0.3) is 0 Å². The SMILES string of the molecule is CO[Si](OC)(OC)c1ccccc1.O. The second-order valence-corrected chi connectivity index (χ2v) is 5.45. The van der Waals surface area contributed by atoms with Crippen LogP contribution in [0.25, 0.3) is 0 Å². The first-order chi connectivity index (χ1) is 6.29. The van der Waals surface area contributed by atoms with Gasteiger partial charge in [0.1, 0.15) is 0 Å². The van der Waals surface area contributed by atoms with Crippen LogP contribution < -0.4 is 5.19 Å². The molecule has 0 aliphatic carbocycles. The van der Waals surface area contributed by atoms with E-state index in [-0.39, 0.29) is 5.48 Å². The molecule has 80 valence electrons. The zero-order chi connectivity index (χ0) is 9.73. The largest absolute Gasteiger partial charge is 0.536 e. The second kappa shape index (κ2) is 5.89. The Morgan fingerprint density at radius 1 is 0.857 bits per heavy atom. The van der Waals surface area contributed by atoms with Crippen molar-refractivity contribution in [2.24, 2.45) is 0 Å². The van der Waals surface area contributed by atoms with E-state index in [1.54, 1.807) is 21.3 Å². The molecule has 0 heterocycles. The van der Waals surface area contributed by atoms with Gasteiger partial charge in [0, 0.05) is 26.5 Å². The molecule has 0 aliphatic rings. The molecule has 2 N–H and O–H groups in total. The maximum Gasteiger partial charge on any atom is 0.536 e. The van der Waals surface area contributed by atoms with E-state index < -0.39 is 8.80 Å². The molecule has 0 amide bonds.